The summed E-state index contributed by atoms with van der Waals surface area (Å²) in [5.41, 5.74) is 5.86. The topological polar surface area (TPSA) is 55.6 Å². The van der Waals surface area contributed by atoms with Gasteiger partial charge in [-0.3, -0.25) is 4.79 Å². The minimum atomic E-state index is -0.512. The molecule has 2 atom stereocenters. The van der Waals surface area contributed by atoms with Gasteiger partial charge in [0.05, 0.1) is 18.6 Å². The number of rotatable bonds is 1. The van der Waals surface area contributed by atoms with E-state index in [1.807, 2.05) is 11.8 Å². The van der Waals surface area contributed by atoms with Gasteiger partial charge in [-0.05, 0) is 25.2 Å². The molecule has 0 saturated carbocycles. The van der Waals surface area contributed by atoms with E-state index in [9.17, 15) is 4.79 Å². The van der Waals surface area contributed by atoms with Crippen LogP contribution in [0.2, 0.25) is 0 Å². The van der Waals surface area contributed by atoms with E-state index in [1.165, 1.54) is 0 Å². The Morgan fingerprint density at radius 1 is 1.29 bits per heavy atom. The summed E-state index contributed by atoms with van der Waals surface area (Å²) in [6.07, 6.45) is 2.15. The lowest BCUT2D eigenvalue weighted by Crippen LogP contribution is -2.53. The normalized spacial score (nSPS) is 37.2. The average Bonchev–Trinajstić information content (AvgIpc) is 2.60. The maximum atomic E-state index is 12.5. The third kappa shape index (κ3) is 2.33. The van der Waals surface area contributed by atoms with Gasteiger partial charge in [0.1, 0.15) is 0 Å². The van der Waals surface area contributed by atoms with Crippen molar-refractivity contribution in [3.8, 4) is 0 Å². The van der Waals surface area contributed by atoms with Gasteiger partial charge in [0, 0.05) is 19.1 Å². The highest BCUT2D eigenvalue weighted by molar-refractivity contribution is 5.83. The van der Waals surface area contributed by atoms with E-state index in [2.05, 4.69) is 13.8 Å². The highest BCUT2D eigenvalue weighted by Gasteiger charge is 2.47. The second-order valence-corrected chi connectivity index (χ2v) is 6.50. The molecular weight excluding hydrogens is 216 g/mol. The van der Waals surface area contributed by atoms with E-state index in [0.29, 0.717) is 18.6 Å². The molecule has 2 heterocycles. The number of ether oxygens (including phenoxy) is 1. The van der Waals surface area contributed by atoms with Crippen molar-refractivity contribution in [2.75, 3.05) is 26.3 Å². The van der Waals surface area contributed by atoms with Gasteiger partial charge in [-0.25, -0.2) is 0 Å². The molecule has 17 heavy (non-hydrogen) atoms. The zero-order chi connectivity index (χ0) is 12.7. The molecule has 0 radical (unpaired) electrons. The predicted molar refractivity (Wildman–Crippen MR) is 66.5 cm³/mol. The third-order valence-corrected chi connectivity index (χ3v) is 4.41. The third-order valence-electron chi connectivity index (χ3n) is 4.41. The van der Waals surface area contributed by atoms with Gasteiger partial charge >= 0.3 is 0 Å². The van der Waals surface area contributed by atoms with E-state index in [4.69, 9.17) is 10.5 Å². The molecule has 0 aromatic rings. The zero-order valence-corrected chi connectivity index (χ0v) is 11.2. The number of nitrogens with zero attached hydrogens (tertiary/aromatic N) is 1. The van der Waals surface area contributed by atoms with Crippen LogP contribution in [0.3, 0.4) is 0 Å². The molecule has 0 aromatic carbocycles. The van der Waals surface area contributed by atoms with E-state index in [0.717, 1.165) is 25.9 Å². The van der Waals surface area contributed by atoms with Crippen molar-refractivity contribution >= 4 is 5.91 Å². The predicted octanol–water partition coefficient (Wildman–Crippen LogP) is 0.999. The summed E-state index contributed by atoms with van der Waals surface area (Å²) in [6, 6.07) is -0.162. The first kappa shape index (κ1) is 12.8. The summed E-state index contributed by atoms with van der Waals surface area (Å²) >= 11 is 0. The molecular formula is C13H24N2O2. The fourth-order valence-electron chi connectivity index (χ4n) is 2.59. The van der Waals surface area contributed by atoms with Crippen LogP contribution < -0.4 is 5.73 Å². The molecule has 2 unspecified atom stereocenters. The molecule has 0 aliphatic carbocycles. The molecule has 2 aliphatic rings. The Morgan fingerprint density at radius 2 is 1.88 bits per heavy atom. The van der Waals surface area contributed by atoms with E-state index < -0.39 is 5.41 Å². The van der Waals surface area contributed by atoms with Crippen molar-refractivity contribution in [3.05, 3.63) is 0 Å². The smallest absolute Gasteiger partial charge is 0.232 e. The fourth-order valence-corrected chi connectivity index (χ4v) is 2.59. The monoisotopic (exact) mass is 240 g/mol. The zero-order valence-electron chi connectivity index (χ0n) is 11.2. The highest BCUT2D eigenvalue weighted by atomic mass is 16.5. The van der Waals surface area contributed by atoms with Crippen LogP contribution in [0.5, 0.6) is 0 Å². The van der Waals surface area contributed by atoms with Crippen molar-refractivity contribution in [3.63, 3.8) is 0 Å². The van der Waals surface area contributed by atoms with E-state index >= 15 is 0 Å². The van der Waals surface area contributed by atoms with Crippen LogP contribution in [0.4, 0.5) is 0 Å². The summed E-state index contributed by atoms with van der Waals surface area (Å²) in [5, 5.41) is 0. The second-order valence-electron chi connectivity index (χ2n) is 6.50. The lowest BCUT2D eigenvalue weighted by molar-refractivity contribution is -0.143. The van der Waals surface area contributed by atoms with Crippen LogP contribution in [0.1, 0.15) is 33.6 Å². The Labute approximate surface area is 103 Å². The lowest BCUT2D eigenvalue weighted by atomic mass is 9.80. The number of carbonyl (C=O) groups excluding carboxylic acids is 1. The minimum Gasteiger partial charge on any atom is -0.379 e. The van der Waals surface area contributed by atoms with Gasteiger partial charge in [0.15, 0.2) is 0 Å². The maximum absolute atomic E-state index is 12.5. The van der Waals surface area contributed by atoms with Crippen molar-refractivity contribution in [1.29, 1.82) is 0 Å². The Hall–Kier alpha value is -0.610. The van der Waals surface area contributed by atoms with Crippen LogP contribution in [0, 0.1) is 10.8 Å². The van der Waals surface area contributed by atoms with Crippen LogP contribution in [0.15, 0.2) is 0 Å². The van der Waals surface area contributed by atoms with Gasteiger partial charge in [-0.2, -0.15) is 0 Å². The number of hydrogen-bond donors (Lipinski definition) is 1. The molecule has 2 N–H and O–H groups in total. The standard InChI is InChI=1S/C13H24N2O2/c1-12(2)4-6-15(7-5-12)11(16)13(3)9-17-8-10(13)14/h10H,4-9,14H2,1-3H3. The van der Waals surface area contributed by atoms with Gasteiger partial charge < -0.3 is 15.4 Å². The van der Waals surface area contributed by atoms with Crippen LogP contribution >= 0.6 is 0 Å². The van der Waals surface area contributed by atoms with Crippen LogP contribution in [-0.4, -0.2) is 43.2 Å². The second kappa shape index (κ2) is 4.25. The molecule has 0 aromatic heterocycles. The molecule has 2 fully saturated rings. The van der Waals surface area contributed by atoms with Gasteiger partial charge in [0.2, 0.25) is 5.91 Å². The number of carbonyl (C=O) groups is 1. The summed E-state index contributed by atoms with van der Waals surface area (Å²) in [5.74, 6) is 0.179. The summed E-state index contributed by atoms with van der Waals surface area (Å²) in [6.45, 7) is 9.14. The summed E-state index contributed by atoms with van der Waals surface area (Å²) < 4.78 is 5.35. The Bertz CT molecular complexity index is 307. The van der Waals surface area contributed by atoms with Crippen molar-refractivity contribution in [2.24, 2.45) is 16.6 Å². The quantitative estimate of drug-likeness (QED) is 0.744. The van der Waals surface area contributed by atoms with Crippen molar-refractivity contribution < 1.29 is 9.53 Å². The number of nitrogens with two attached hydrogens (primary N) is 1. The van der Waals surface area contributed by atoms with Crippen molar-refractivity contribution in [2.45, 2.75) is 39.7 Å². The first-order valence-electron chi connectivity index (χ1n) is 6.48. The van der Waals surface area contributed by atoms with E-state index in [-0.39, 0.29) is 11.9 Å². The number of likely N-dealkylation sites (tertiary alicyclic amines) is 1. The van der Waals surface area contributed by atoms with Gasteiger partial charge in [-0.1, -0.05) is 13.8 Å². The first-order chi connectivity index (χ1) is 7.85. The highest BCUT2D eigenvalue weighted by Crippen LogP contribution is 2.34. The first-order valence-corrected chi connectivity index (χ1v) is 6.48. The van der Waals surface area contributed by atoms with Gasteiger partial charge in [-0.15, -0.1) is 0 Å². The number of piperidine rings is 1. The summed E-state index contributed by atoms with van der Waals surface area (Å²) in [4.78, 5) is 14.5. The van der Waals surface area contributed by atoms with Gasteiger partial charge in [0.25, 0.3) is 0 Å². The fraction of sp³-hybridized carbons (Fsp3) is 0.923. The van der Waals surface area contributed by atoms with Crippen LogP contribution in [0.25, 0.3) is 0 Å². The molecule has 0 bridgehead atoms. The average molecular weight is 240 g/mol. The number of amides is 1. The molecule has 2 aliphatic heterocycles. The Morgan fingerprint density at radius 3 is 2.35 bits per heavy atom. The molecule has 2 rings (SSSR count). The summed E-state index contributed by atoms with van der Waals surface area (Å²) in [7, 11) is 0. The van der Waals surface area contributed by atoms with Crippen LogP contribution in [-0.2, 0) is 9.53 Å². The Kier molecular flexibility index (Phi) is 3.21. The largest absolute Gasteiger partial charge is 0.379 e. The van der Waals surface area contributed by atoms with Crippen molar-refractivity contribution in [1.82, 2.24) is 4.90 Å². The SMILES string of the molecule is CC1(C)CCN(C(=O)C2(C)COCC2N)CC1. The molecule has 4 nitrogen and oxygen atoms in total. The molecule has 98 valence electrons. The molecule has 0 spiro atoms. The minimum absolute atomic E-state index is 0.162. The number of hydrogen-bond acceptors (Lipinski definition) is 3. The maximum Gasteiger partial charge on any atom is 0.232 e. The van der Waals surface area contributed by atoms with E-state index in [1.54, 1.807) is 0 Å². The lowest BCUT2D eigenvalue weighted by Gasteiger charge is -2.40. The Balaban J connectivity index is 2.02. The molecule has 4 heteroatoms. The molecule has 1 amide bonds. The molecule has 2 saturated heterocycles.